The van der Waals surface area contributed by atoms with E-state index >= 15 is 0 Å². The van der Waals surface area contributed by atoms with E-state index in [1.54, 1.807) is 0 Å². The van der Waals surface area contributed by atoms with Crippen LogP contribution in [0.1, 0.15) is 10.5 Å². The Balaban J connectivity index is 2.82. The van der Waals surface area contributed by atoms with E-state index in [1.807, 2.05) is 0 Å². The summed E-state index contributed by atoms with van der Waals surface area (Å²) in [5.74, 6) is -0.387. The summed E-state index contributed by atoms with van der Waals surface area (Å²) in [5, 5.41) is 0.568. The number of aldehydes is 1. The lowest BCUT2D eigenvalue weighted by Gasteiger charge is -2.03. The number of nitrogens with two attached hydrogens (primary N) is 1. The van der Waals surface area contributed by atoms with Crippen LogP contribution in [0, 0.1) is 5.82 Å². The second-order valence-electron chi connectivity index (χ2n) is 3.04. The van der Waals surface area contributed by atoms with Crippen molar-refractivity contribution in [3.05, 3.63) is 34.2 Å². The van der Waals surface area contributed by atoms with Crippen molar-refractivity contribution in [3.63, 3.8) is 0 Å². The standard InChI is InChI=1S/C10H6BrFN2O/c11-6-3-9-5(1-7(6)12)2-8(13)10(4-15)14-9/h1-4H,13H2. The number of rotatable bonds is 1. The zero-order chi connectivity index (χ0) is 11.0. The predicted molar refractivity (Wildman–Crippen MR) is 59.2 cm³/mol. The van der Waals surface area contributed by atoms with Gasteiger partial charge in [0.2, 0.25) is 0 Å². The molecule has 3 nitrogen and oxygen atoms in total. The first-order chi connectivity index (χ1) is 7.11. The van der Waals surface area contributed by atoms with Crippen molar-refractivity contribution < 1.29 is 9.18 Å². The molecule has 15 heavy (non-hydrogen) atoms. The molecule has 0 aliphatic heterocycles. The van der Waals surface area contributed by atoms with Crippen molar-refractivity contribution in [1.29, 1.82) is 0 Å². The fourth-order valence-electron chi connectivity index (χ4n) is 1.29. The molecule has 1 heterocycles. The maximum absolute atomic E-state index is 13.2. The molecule has 0 spiro atoms. The van der Waals surface area contributed by atoms with Gasteiger partial charge in [0.1, 0.15) is 11.5 Å². The van der Waals surface area contributed by atoms with Crippen LogP contribution in [-0.4, -0.2) is 11.3 Å². The van der Waals surface area contributed by atoms with Gasteiger partial charge in [0.25, 0.3) is 0 Å². The molecule has 0 saturated heterocycles. The average molecular weight is 269 g/mol. The van der Waals surface area contributed by atoms with Gasteiger partial charge < -0.3 is 5.73 Å². The number of hydrogen-bond acceptors (Lipinski definition) is 3. The summed E-state index contributed by atoms with van der Waals surface area (Å²) in [6.45, 7) is 0. The van der Waals surface area contributed by atoms with Crippen LogP contribution < -0.4 is 5.73 Å². The molecular weight excluding hydrogens is 263 g/mol. The number of carbonyl (C=O) groups is 1. The monoisotopic (exact) mass is 268 g/mol. The first-order valence-electron chi connectivity index (χ1n) is 4.12. The quantitative estimate of drug-likeness (QED) is 0.809. The SMILES string of the molecule is Nc1cc2cc(F)c(Br)cc2nc1C=O. The molecule has 0 aliphatic carbocycles. The summed E-state index contributed by atoms with van der Waals surface area (Å²) in [6, 6.07) is 4.36. The van der Waals surface area contributed by atoms with Gasteiger partial charge in [0.05, 0.1) is 15.7 Å². The van der Waals surface area contributed by atoms with E-state index < -0.39 is 0 Å². The average Bonchev–Trinajstić information content (AvgIpc) is 2.20. The number of nitrogens with zero attached hydrogens (tertiary/aromatic N) is 1. The summed E-state index contributed by atoms with van der Waals surface area (Å²) in [7, 11) is 0. The van der Waals surface area contributed by atoms with E-state index in [1.165, 1.54) is 18.2 Å². The third-order valence-corrected chi connectivity index (χ3v) is 2.64. The fraction of sp³-hybridized carbons (Fsp3) is 0. The Labute approximate surface area is 93.2 Å². The van der Waals surface area contributed by atoms with Crippen LogP contribution >= 0.6 is 15.9 Å². The number of benzene rings is 1. The molecule has 0 radical (unpaired) electrons. The number of fused-ring (bicyclic) bond motifs is 1. The van der Waals surface area contributed by atoms with Crippen LogP contribution in [-0.2, 0) is 0 Å². The number of pyridine rings is 1. The molecule has 0 amide bonds. The Morgan fingerprint density at radius 1 is 1.40 bits per heavy atom. The van der Waals surface area contributed by atoms with Crippen molar-refractivity contribution in [1.82, 2.24) is 4.98 Å². The van der Waals surface area contributed by atoms with Crippen LogP contribution in [0.25, 0.3) is 10.9 Å². The Morgan fingerprint density at radius 3 is 2.80 bits per heavy atom. The van der Waals surface area contributed by atoms with Gasteiger partial charge >= 0.3 is 0 Å². The van der Waals surface area contributed by atoms with E-state index in [2.05, 4.69) is 20.9 Å². The molecule has 0 fully saturated rings. The van der Waals surface area contributed by atoms with Gasteiger partial charge in [-0.15, -0.1) is 0 Å². The highest BCUT2D eigenvalue weighted by Gasteiger charge is 2.06. The highest BCUT2D eigenvalue weighted by molar-refractivity contribution is 9.10. The minimum absolute atomic E-state index is 0.168. The molecule has 2 N–H and O–H groups in total. The van der Waals surface area contributed by atoms with Gasteiger partial charge in [-0.2, -0.15) is 0 Å². The summed E-state index contributed by atoms with van der Waals surface area (Å²) in [5.41, 5.74) is 6.50. The van der Waals surface area contributed by atoms with Crippen LogP contribution in [0.15, 0.2) is 22.7 Å². The largest absolute Gasteiger partial charge is 0.397 e. The second kappa shape index (κ2) is 3.58. The number of nitrogen functional groups attached to an aromatic ring is 1. The van der Waals surface area contributed by atoms with Crippen molar-refractivity contribution in [3.8, 4) is 0 Å². The molecule has 0 bridgehead atoms. The van der Waals surface area contributed by atoms with Crippen molar-refractivity contribution in [2.45, 2.75) is 0 Å². The van der Waals surface area contributed by atoms with Gasteiger partial charge in [0, 0.05) is 5.39 Å². The van der Waals surface area contributed by atoms with Crippen molar-refractivity contribution in [2.75, 3.05) is 5.73 Å². The lowest BCUT2D eigenvalue weighted by molar-refractivity contribution is 0.112. The molecule has 5 heteroatoms. The molecule has 1 aromatic carbocycles. The van der Waals surface area contributed by atoms with E-state index in [9.17, 15) is 9.18 Å². The van der Waals surface area contributed by atoms with Gasteiger partial charge in [0.15, 0.2) is 6.29 Å². The molecule has 0 saturated carbocycles. The number of hydrogen-bond donors (Lipinski definition) is 1. The van der Waals surface area contributed by atoms with Gasteiger partial charge in [-0.1, -0.05) is 0 Å². The van der Waals surface area contributed by atoms with Crippen LogP contribution in [0.4, 0.5) is 10.1 Å². The lowest BCUT2D eigenvalue weighted by Crippen LogP contribution is -1.97. The highest BCUT2D eigenvalue weighted by Crippen LogP contribution is 2.24. The number of carbonyl (C=O) groups excluding carboxylic acids is 1. The zero-order valence-electron chi connectivity index (χ0n) is 7.50. The smallest absolute Gasteiger partial charge is 0.170 e. The first-order valence-corrected chi connectivity index (χ1v) is 4.91. The zero-order valence-corrected chi connectivity index (χ0v) is 9.08. The molecule has 2 rings (SSSR count). The minimum Gasteiger partial charge on any atom is -0.397 e. The van der Waals surface area contributed by atoms with Crippen molar-refractivity contribution >= 4 is 38.8 Å². The lowest BCUT2D eigenvalue weighted by atomic mass is 10.2. The Morgan fingerprint density at radius 2 is 2.13 bits per heavy atom. The summed E-state index contributed by atoms with van der Waals surface area (Å²) >= 11 is 3.05. The molecule has 0 aliphatic rings. The molecular formula is C10H6BrFN2O. The maximum atomic E-state index is 13.2. The summed E-state index contributed by atoms with van der Waals surface area (Å²) in [4.78, 5) is 14.6. The Kier molecular flexibility index (Phi) is 2.40. The van der Waals surface area contributed by atoms with E-state index in [4.69, 9.17) is 5.73 Å². The van der Waals surface area contributed by atoms with Crippen molar-refractivity contribution in [2.24, 2.45) is 0 Å². The van der Waals surface area contributed by atoms with Crippen LogP contribution in [0.3, 0.4) is 0 Å². The third kappa shape index (κ3) is 1.70. The number of halogens is 2. The fourth-order valence-corrected chi connectivity index (χ4v) is 1.63. The van der Waals surface area contributed by atoms with Gasteiger partial charge in [-0.05, 0) is 34.1 Å². The van der Waals surface area contributed by atoms with E-state index in [0.717, 1.165) is 0 Å². The first kappa shape index (κ1) is 10.0. The summed E-state index contributed by atoms with van der Waals surface area (Å²) in [6.07, 6.45) is 0.575. The Hall–Kier alpha value is -1.49. The normalized spacial score (nSPS) is 10.5. The van der Waals surface area contributed by atoms with E-state index in [-0.39, 0.29) is 17.2 Å². The topological polar surface area (TPSA) is 56.0 Å². The Bertz CT molecular complexity index is 557. The minimum atomic E-state index is -0.387. The highest BCUT2D eigenvalue weighted by atomic mass is 79.9. The maximum Gasteiger partial charge on any atom is 0.170 e. The molecule has 0 unspecified atom stereocenters. The third-order valence-electron chi connectivity index (χ3n) is 2.03. The molecule has 2 aromatic rings. The molecule has 76 valence electrons. The van der Waals surface area contributed by atoms with E-state index in [0.29, 0.717) is 21.7 Å². The van der Waals surface area contributed by atoms with Gasteiger partial charge in [-0.3, -0.25) is 4.79 Å². The number of aromatic nitrogens is 1. The number of anilines is 1. The van der Waals surface area contributed by atoms with Crippen LogP contribution in [0.2, 0.25) is 0 Å². The molecule has 1 aromatic heterocycles. The second-order valence-corrected chi connectivity index (χ2v) is 3.89. The van der Waals surface area contributed by atoms with Gasteiger partial charge in [-0.25, -0.2) is 9.37 Å². The molecule has 0 atom stereocenters. The predicted octanol–water partition coefficient (Wildman–Crippen LogP) is 2.53. The summed E-state index contributed by atoms with van der Waals surface area (Å²) < 4.78 is 13.5. The van der Waals surface area contributed by atoms with Crippen LogP contribution in [0.5, 0.6) is 0 Å².